The Labute approximate surface area is 105 Å². The van der Waals surface area contributed by atoms with Crippen molar-refractivity contribution in [2.45, 2.75) is 25.7 Å². The zero-order valence-electron chi connectivity index (χ0n) is 9.51. The van der Waals surface area contributed by atoms with Crippen LogP contribution in [0.25, 0.3) is 0 Å². The molecule has 0 saturated heterocycles. The van der Waals surface area contributed by atoms with Gasteiger partial charge in [0.1, 0.15) is 11.5 Å². The lowest BCUT2D eigenvalue weighted by Crippen LogP contribution is -2.20. The SMILES string of the molecule is NNc1c2c(c(Cl)c3c1OCCC3)OCCC2. The number of hydrogen-bond acceptors (Lipinski definition) is 4. The van der Waals surface area contributed by atoms with Crippen LogP contribution in [0.15, 0.2) is 0 Å². The summed E-state index contributed by atoms with van der Waals surface area (Å²) in [6, 6.07) is 0. The summed E-state index contributed by atoms with van der Waals surface area (Å²) in [6.45, 7) is 1.44. The van der Waals surface area contributed by atoms with Gasteiger partial charge >= 0.3 is 0 Å². The fourth-order valence-corrected chi connectivity index (χ4v) is 2.89. The quantitative estimate of drug-likeness (QED) is 0.596. The monoisotopic (exact) mass is 254 g/mol. The largest absolute Gasteiger partial charge is 0.492 e. The van der Waals surface area contributed by atoms with Crippen LogP contribution in [-0.4, -0.2) is 13.2 Å². The molecule has 0 amide bonds. The number of halogens is 1. The molecule has 0 bridgehead atoms. The fraction of sp³-hybridized carbons (Fsp3) is 0.500. The lowest BCUT2D eigenvalue weighted by Gasteiger charge is -2.28. The second-order valence-electron chi connectivity index (χ2n) is 4.35. The van der Waals surface area contributed by atoms with Gasteiger partial charge in [-0.3, -0.25) is 5.84 Å². The predicted molar refractivity (Wildman–Crippen MR) is 66.9 cm³/mol. The molecule has 4 nitrogen and oxygen atoms in total. The normalized spacial score (nSPS) is 17.5. The van der Waals surface area contributed by atoms with E-state index in [1.165, 1.54) is 0 Å². The van der Waals surface area contributed by atoms with E-state index in [1.807, 2.05) is 0 Å². The first-order chi connectivity index (χ1) is 8.33. The first-order valence-electron chi connectivity index (χ1n) is 5.92. The highest BCUT2D eigenvalue weighted by molar-refractivity contribution is 6.33. The number of hydrazine groups is 1. The molecule has 2 aliphatic rings. The van der Waals surface area contributed by atoms with Crippen molar-refractivity contribution in [3.05, 3.63) is 16.1 Å². The molecule has 3 rings (SSSR count). The molecule has 3 N–H and O–H groups in total. The van der Waals surface area contributed by atoms with Gasteiger partial charge in [0.05, 0.1) is 23.9 Å². The highest BCUT2D eigenvalue weighted by Gasteiger charge is 2.28. The Bertz CT molecular complexity index is 425. The molecule has 5 heteroatoms. The Kier molecular flexibility index (Phi) is 2.76. The number of nitrogen functional groups attached to an aromatic ring is 1. The van der Waals surface area contributed by atoms with Crippen LogP contribution < -0.4 is 20.7 Å². The topological polar surface area (TPSA) is 56.5 Å². The van der Waals surface area contributed by atoms with Crippen molar-refractivity contribution in [3.8, 4) is 11.5 Å². The van der Waals surface area contributed by atoms with Crippen molar-refractivity contribution in [2.75, 3.05) is 18.6 Å². The summed E-state index contributed by atoms with van der Waals surface area (Å²) in [5, 5.41) is 0.702. The van der Waals surface area contributed by atoms with E-state index >= 15 is 0 Å². The summed E-state index contributed by atoms with van der Waals surface area (Å²) in [7, 11) is 0. The molecule has 1 aromatic carbocycles. The smallest absolute Gasteiger partial charge is 0.148 e. The van der Waals surface area contributed by atoms with Crippen LogP contribution in [0.2, 0.25) is 5.02 Å². The molecule has 2 heterocycles. The van der Waals surface area contributed by atoms with Gasteiger partial charge in [-0.15, -0.1) is 0 Å². The fourth-order valence-electron chi connectivity index (χ4n) is 2.54. The van der Waals surface area contributed by atoms with Crippen LogP contribution in [0.5, 0.6) is 11.5 Å². The maximum atomic E-state index is 6.40. The molecule has 0 aliphatic carbocycles. The molecule has 92 valence electrons. The van der Waals surface area contributed by atoms with Crippen molar-refractivity contribution in [2.24, 2.45) is 5.84 Å². The first kappa shape index (κ1) is 11.0. The van der Waals surface area contributed by atoms with Gasteiger partial charge in [-0.25, -0.2) is 0 Å². The van der Waals surface area contributed by atoms with Gasteiger partial charge in [0.25, 0.3) is 0 Å². The minimum absolute atomic E-state index is 0.702. The number of ether oxygens (including phenoxy) is 2. The minimum atomic E-state index is 0.702. The van der Waals surface area contributed by atoms with E-state index < -0.39 is 0 Å². The highest BCUT2D eigenvalue weighted by atomic mass is 35.5. The van der Waals surface area contributed by atoms with Gasteiger partial charge in [0, 0.05) is 11.1 Å². The zero-order chi connectivity index (χ0) is 11.8. The Hall–Kier alpha value is -1.13. The Morgan fingerprint density at radius 2 is 1.65 bits per heavy atom. The standard InChI is InChI=1S/C12H15ClN2O2/c13-9-7-3-1-6-17-12(7)10(15-14)8-4-2-5-16-11(8)9/h15H,1-6,14H2. The molecule has 1 aromatic rings. The van der Waals surface area contributed by atoms with Gasteiger partial charge < -0.3 is 14.9 Å². The van der Waals surface area contributed by atoms with Crippen LogP contribution in [-0.2, 0) is 12.8 Å². The second-order valence-corrected chi connectivity index (χ2v) is 4.73. The number of hydrogen-bond donors (Lipinski definition) is 2. The van der Waals surface area contributed by atoms with Gasteiger partial charge in [0.2, 0.25) is 0 Å². The first-order valence-corrected chi connectivity index (χ1v) is 6.30. The van der Waals surface area contributed by atoms with E-state index in [0.717, 1.165) is 67.2 Å². The maximum Gasteiger partial charge on any atom is 0.148 e. The number of rotatable bonds is 1. The van der Waals surface area contributed by atoms with Crippen LogP contribution >= 0.6 is 11.6 Å². The van der Waals surface area contributed by atoms with E-state index in [0.29, 0.717) is 5.02 Å². The summed E-state index contributed by atoms with van der Waals surface area (Å²) < 4.78 is 11.4. The summed E-state index contributed by atoms with van der Waals surface area (Å²) in [4.78, 5) is 0. The van der Waals surface area contributed by atoms with Crippen LogP contribution in [0.3, 0.4) is 0 Å². The van der Waals surface area contributed by atoms with Gasteiger partial charge in [-0.2, -0.15) is 0 Å². The zero-order valence-corrected chi connectivity index (χ0v) is 10.3. The number of anilines is 1. The highest BCUT2D eigenvalue weighted by Crippen LogP contribution is 2.48. The number of fused-ring (bicyclic) bond motifs is 2. The van der Waals surface area contributed by atoms with Gasteiger partial charge in [-0.1, -0.05) is 11.6 Å². The third-order valence-electron chi connectivity index (χ3n) is 3.32. The Morgan fingerprint density at radius 1 is 1.00 bits per heavy atom. The minimum Gasteiger partial charge on any atom is -0.492 e. The molecule has 0 aromatic heterocycles. The van der Waals surface area contributed by atoms with Crippen LogP contribution in [0.4, 0.5) is 5.69 Å². The molecule has 17 heavy (non-hydrogen) atoms. The molecule has 0 fully saturated rings. The molecule has 0 radical (unpaired) electrons. The van der Waals surface area contributed by atoms with Crippen LogP contribution in [0.1, 0.15) is 24.0 Å². The molecule has 0 spiro atoms. The van der Waals surface area contributed by atoms with Crippen molar-refractivity contribution >= 4 is 17.3 Å². The van der Waals surface area contributed by atoms with E-state index in [4.69, 9.17) is 26.9 Å². The van der Waals surface area contributed by atoms with E-state index in [1.54, 1.807) is 0 Å². The number of nitrogens with two attached hydrogens (primary N) is 1. The predicted octanol–water partition coefficient (Wildman–Crippen LogP) is 2.28. The van der Waals surface area contributed by atoms with Crippen molar-refractivity contribution < 1.29 is 9.47 Å². The summed E-state index contributed by atoms with van der Waals surface area (Å²) in [5.41, 5.74) is 5.66. The van der Waals surface area contributed by atoms with Crippen molar-refractivity contribution in [3.63, 3.8) is 0 Å². The Balaban J connectivity index is 2.25. The number of nitrogens with one attached hydrogen (secondary N) is 1. The van der Waals surface area contributed by atoms with E-state index in [2.05, 4.69) is 5.43 Å². The summed E-state index contributed by atoms with van der Waals surface area (Å²) in [5.74, 6) is 7.22. The van der Waals surface area contributed by atoms with E-state index in [9.17, 15) is 0 Å². The average molecular weight is 255 g/mol. The molecule has 0 atom stereocenters. The van der Waals surface area contributed by atoms with E-state index in [-0.39, 0.29) is 0 Å². The summed E-state index contributed by atoms with van der Waals surface area (Å²) >= 11 is 6.40. The second kappa shape index (κ2) is 4.27. The van der Waals surface area contributed by atoms with Gasteiger partial charge in [-0.05, 0) is 25.7 Å². The molecule has 0 saturated carbocycles. The average Bonchev–Trinajstić information content (AvgIpc) is 2.40. The van der Waals surface area contributed by atoms with Crippen molar-refractivity contribution in [1.29, 1.82) is 0 Å². The maximum absolute atomic E-state index is 6.40. The number of benzene rings is 1. The lowest BCUT2D eigenvalue weighted by atomic mass is 9.96. The molecule has 2 aliphatic heterocycles. The summed E-state index contributed by atoms with van der Waals surface area (Å²) in [6.07, 6.45) is 3.80. The van der Waals surface area contributed by atoms with Crippen molar-refractivity contribution in [1.82, 2.24) is 0 Å². The molecule has 0 unspecified atom stereocenters. The van der Waals surface area contributed by atoms with Gasteiger partial charge in [0.15, 0.2) is 0 Å². The lowest BCUT2D eigenvalue weighted by molar-refractivity contribution is 0.275. The third kappa shape index (κ3) is 1.63. The Morgan fingerprint density at radius 3 is 2.35 bits per heavy atom. The molecular weight excluding hydrogens is 240 g/mol. The van der Waals surface area contributed by atoms with Crippen LogP contribution in [0, 0.1) is 0 Å². The molecular formula is C12H15ClN2O2. The third-order valence-corrected chi connectivity index (χ3v) is 3.72.